The maximum Gasteiger partial charge on any atom is 0.157 e. The Bertz CT molecular complexity index is 481. The molecule has 1 aromatic carbocycles. The first kappa shape index (κ1) is 15.5. The van der Waals surface area contributed by atoms with Gasteiger partial charge in [-0.15, -0.1) is 12.4 Å². The van der Waals surface area contributed by atoms with Crippen molar-refractivity contribution in [3.8, 4) is 0 Å². The molecule has 2 aliphatic rings. The zero-order valence-electron chi connectivity index (χ0n) is 11.5. The number of carbonyl (C=O) groups excluding carboxylic acids is 1. The summed E-state index contributed by atoms with van der Waals surface area (Å²) in [6.45, 7) is 0.388. The van der Waals surface area contributed by atoms with Crippen LogP contribution in [0.3, 0.4) is 0 Å². The zero-order chi connectivity index (χ0) is 13.3. The normalized spacial score (nSPS) is 20.4. The van der Waals surface area contributed by atoms with Crippen LogP contribution in [0, 0.1) is 5.82 Å². The van der Waals surface area contributed by atoms with Gasteiger partial charge in [-0.25, -0.2) is 4.39 Å². The lowest BCUT2D eigenvalue weighted by atomic mass is 9.75. The molecule has 3 rings (SSSR count). The van der Waals surface area contributed by atoms with Crippen molar-refractivity contribution in [2.75, 3.05) is 6.54 Å². The Labute approximate surface area is 125 Å². The van der Waals surface area contributed by atoms with Crippen LogP contribution < -0.4 is 5.32 Å². The van der Waals surface area contributed by atoms with Gasteiger partial charge in [-0.2, -0.15) is 0 Å². The zero-order valence-corrected chi connectivity index (χ0v) is 12.3. The van der Waals surface area contributed by atoms with E-state index in [4.69, 9.17) is 0 Å². The Kier molecular flexibility index (Phi) is 4.82. The van der Waals surface area contributed by atoms with E-state index in [0.717, 1.165) is 25.7 Å². The van der Waals surface area contributed by atoms with E-state index in [1.54, 1.807) is 12.1 Å². The average Bonchev–Trinajstić information content (AvgIpc) is 3.12. The second kappa shape index (κ2) is 6.23. The van der Waals surface area contributed by atoms with Crippen LogP contribution in [0.4, 0.5) is 4.39 Å². The summed E-state index contributed by atoms with van der Waals surface area (Å²) in [5.74, 6) is -0.0637. The highest BCUT2D eigenvalue weighted by atomic mass is 35.5. The number of benzene rings is 1. The summed E-state index contributed by atoms with van der Waals surface area (Å²) >= 11 is 0. The van der Waals surface area contributed by atoms with Crippen LogP contribution in [0.25, 0.3) is 0 Å². The number of halogens is 2. The number of hydrogen-bond donors (Lipinski definition) is 1. The van der Waals surface area contributed by atoms with Gasteiger partial charge in [0.05, 0.1) is 12.0 Å². The second-order valence-electron chi connectivity index (χ2n) is 5.85. The number of hydrogen-bond acceptors (Lipinski definition) is 2. The number of ketones is 1. The minimum absolute atomic E-state index is 0. The fraction of sp³-hybridized carbons (Fsp3) is 0.562. The Morgan fingerprint density at radius 1 is 1.25 bits per heavy atom. The van der Waals surface area contributed by atoms with Gasteiger partial charge in [0.25, 0.3) is 0 Å². The molecular formula is C16H21ClFNO. The molecule has 2 fully saturated rings. The predicted octanol–water partition coefficient (Wildman–Crippen LogP) is 3.38. The van der Waals surface area contributed by atoms with Crippen LogP contribution in [0.2, 0.25) is 0 Å². The van der Waals surface area contributed by atoms with Gasteiger partial charge in [-0.1, -0.05) is 31.0 Å². The van der Waals surface area contributed by atoms with E-state index in [2.05, 4.69) is 5.32 Å². The van der Waals surface area contributed by atoms with E-state index < -0.39 is 5.41 Å². The number of carbonyl (C=O) groups is 1. The van der Waals surface area contributed by atoms with Gasteiger partial charge in [-0.3, -0.25) is 4.79 Å². The molecule has 2 aliphatic carbocycles. The monoisotopic (exact) mass is 297 g/mol. The minimum Gasteiger partial charge on any atom is -0.307 e. The smallest absolute Gasteiger partial charge is 0.157 e. The summed E-state index contributed by atoms with van der Waals surface area (Å²) in [5.41, 5.74) is 0.0304. The Hall–Kier alpha value is -0.930. The fourth-order valence-corrected chi connectivity index (χ4v) is 3.22. The maximum absolute atomic E-state index is 14.1. The highest BCUT2D eigenvalue weighted by Gasteiger charge is 2.43. The maximum atomic E-state index is 14.1. The van der Waals surface area contributed by atoms with E-state index in [9.17, 15) is 9.18 Å². The third kappa shape index (κ3) is 2.89. The number of rotatable bonds is 5. The van der Waals surface area contributed by atoms with E-state index in [1.807, 2.05) is 6.07 Å². The Morgan fingerprint density at radius 3 is 2.50 bits per heavy atom. The molecule has 0 radical (unpaired) electrons. The number of nitrogens with one attached hydrogen (secondary N) is 1. The fourth-order valence-electron chi connectivity index (χ4n) is 3.22. The lowest BCUT2D eigenvalue weighted by Crippen LogP contribution is -2.40. The van der Waals surface area contributed by atoms with E-state index in [1.165, 1.54) is 18.9 Å². The van der Waals surface area contributed by atoms with Gasteiger partial charge in [0.1, 0.15) is 5.82 Å². The van der Waals surface area contributed by atoms with E-state index in [-0.39, 0.29) is 24.0 Å². The molecule has 0 unspecified atom stereocenters. The number of Topliss-reactive ketones (excluding diaryl/α,β-unsaturated/α-hetero) is 1. The molecule has 2 nitrogen and oxygen atoms in total. The molecule has 0 amide bonds. The van der Waals surface area contributed by atoms with Crippen molar-refractivity contribution >= 4 is 18.2 Å². The molecule has 0 spiro atoms. The van der Waals surface area contributed by atoms with Gasteiger partial charge in [0.15, 0.2) is 5.78 Å². The molecule has 0 bridgehead atoms. The quantitative estimate of drug-likeness (QED) is 0.903. The van der Waals surface area contributed by atoms with Gasteiger partial charge in [0, 0.05) is 11.6 Å². The predicted molar refractivity (Wildman–Crippen MR) is 79.8 cm³/mol. The summed E-state index contributed by atoms with van der Waals surface area (Å²) in [4.78, 5) is 12.6. The molecule has 0 heterocycles. The van der Waals surface area contributed by atoms with Crippen molar-refractivity contribution in [2.24, 2.45) is 0 Å². The Morgan fingerprint density at radius 2 is 1.90 bits per heavy atom. The SMILES string of the molecule is Cl.O=C(CNC1CC1)C1(c2ccccc2F)CCCC1. The third-order valence-electron chi connectivity index (χ3n) is 4.51. The lowest BCUT2D eigenvalue weighted by molar-refractivity contribution is -0.123. The Balaban J connectivity index is 0.00000147. The van der Waals surface area contributed by atoms with E-state index in [0.29, 0.717) is 18.2 Å². The second-order valence-corrected chi connectivity index (χ2v) is 5.85. The van der Waals surface area contributed by atoms with Crippen LogP contribution in [-0.4, -0.2) is 18.4 Å². The molecule has 20 heavy (non-hydrogen) atoms. The first-order valence-corrected chi connectivity index (χ1v) is 7.24. The van der Waals surface area contributed by atoms with Crippen molar-refractivity contribution in [1.29, 1.82) is 0 Å². The summed E-state index contributed by atoms with van der Waals surface area (Å²) in [6, 6.07) is 7.30. The molecule has 0 aromatic heterocycles. The molecule has 2 saturated carbocycles. The molecule has 1 aromatic rings. The summed E-state index contributed by atoms with van der Waals surface area (Å²) in [5, 5.41) is 3.28. The molecule has 110 valence electrons. The van der Waals surface area contributed by atoms with Crippen molar-refractivity contribution < 1.29 is 9.18 Å². The lowest BCUT2D eigenvalue weighted by Gasteiger charge is -2.28. The molecule has 0 aliphatic heterocycles. The minimum atomic E-state index is -0.576. The third-order valence-corrected chi connectivity index (χ3v) is 4.51. The van der Waals surface area contributed by atoms with Gasteiger partial charge >= 0.3 is 0 Å². The van der Waals surface area contributed by atoms with Crippen LogP contribution in [0.15, 0.2) is 24.3 Å². The summed E-state index contributed by atoms with van der Waals surface area (Å²) in [7, 11) is 0. The van der Waals surface area contributed by atoms with Crippen LogP contribution >= 0.6 is 12.4 Å². The van der Waals surface area contributed by atoms with Crippen LogP contribution in [0.5, 0.6) is 0 Å². The molecular weight excluding hydrogens is 277 g/mol. The largest absolute Gasteiger partial charge is 0.307 e. The van der Waals surface area contributed by atoms with Crippen molar-refractivity contribution in [3.63, 3.8) is 0 Å². The molecule has 0 saturated heterocycles. The molecule has 1 N–H and O–H groups in total. The van der Waals surface area contributed by atoms with Gasteiger partial charge in [0.2, 0.25) is 0 Å². The van der Waals surface area contributed by atoms with Crippen LogP contribution in [-0.2, 0) is 10.2 Å². The molecule has 0 atom stereocenters. The topological polar surface area (TPSA) is 29.1 Å². The standard InChI is InChI=1S/C16H20FNO.ClH/c17-14-6-2-1-5-13(14)16(9-3-4-10-16)15(19)11-18-12-7-8-12;/h1-2,5-6,12,18H,3-4,7-11H2;1H. The van der Waals surface area contributed by atoms with Gasteiger partial charge in [-0.05, 0) is 31.7 Å². The highest BCUT2D eigenvalue weighted by molar-refractivity contribution is 5.92. The van der Waals surface area contributed by atoms with Crippen LogP contribution in [0.1, 0.15) is 44.1 Å². The first-order chi connectivity index (χ1) is 9.22. The van der Waals surface area contributed by atoms with E-state index >= 15 is 0 Å². The van der Waals surface area contributed by atoms with Crippen molar-refractivity contribution in [2.45, 2.75) is 50.0 Å². The average molecular weight is 298 g/mol. The summed E-state index contributed by atoms with van der Waals surface area (Å²) < 4.78 is 14.1. The van der Waals surface area contributed by atoms with Gasteiger partial charge < -0.3 is 5.32 Å². The highest BCUT2D eigenvalue weighted by Crippen LogP contribution is 2.42. The summed E-state index contributed by atoms with van der Waals surface area (Å²) in [6.07, 6.45) is 5.95. The van der Waals surface area contributed by atoms with Crippen molar-refractivity contribution in [3.05, 3.63) is 35.6 Å². The van der Waals surface area contributed by atoms with Crippen molar-refractivity contribution in [1.82, 2.24) is 5.32 Å². The first-order valence-electron chi connectivity index (χ1n) is 7.24. The molecule has 4 heteroatoms.